The molecule has 1 heterocycles. The van der Waals surface area contributed by atoms with Crippen molar-refractivity contribution in [1.29, 1.82) is 0 Å². The van der Waals surface area contributed by atoms with Crippen molar-refractivity contribution in [2.75, 3.05) is 0 Å². The maximum atomic E-state index is 12.1. The van der Waals surface area contributed by atoms with E-state index in [9.17, 15) is 9.59 Å². The van der Waals surface area contributed by atoms with Gasteiger partial charge in [0.05, 0.1) is 5.69 Å². The molecule has 0 atom stereocenters. The highest BCUT2D eigenvalue weighted by atomic mass is 16.6. The van der Waals surface area contributed by atoms with Crippen LogP contribution in [0.25, 0.3) is 0 Å². The van der Waals surface area contributed by atoms with Crippen LogP contribution >= 0.6 is 0 Å². The largest absolute Gasteiger partial charge is 0.443 e. The molecule has 18 heavy (non-hydrogen) atoms. The number of rotatable bonds is 0. The lowest BCUT2D eigenvalue weighted by atomic mass is 10.00. The second kappa shape index (κ2) is 4.23. The Kier molecular flexibility index (Phi) is 3.00. The summed E-state index contributed by atoms with van der Waals surface area (Å²) in [4.78, 5) is 28.0. The number of fused-ring (bicyclic) bond motifs is 1. The van der Waals surface area contributed by atoms with Gasteiger partial charge in [0.15, 0.2) is 5.78 Å². The van der Waals surface area contributed by atoms with Crippen LogP contribution in [0.15, 0.2) is 0 Å². The quantitative estimate of drug-likeness (QED) is 0.709. The third-order valence-corrected chi connectivity index (χ3v) is 2.80. The number of hydrogen-bond donors (Lipinski definition) is 0. The molecule has 1 aromatic heterocycles. The van der Waals surface area contributed by atoms with Crippen LogP contribution in [0.3, 0.4) is 0 Å². The molecule has 0 aromatic carbocycles. The molecular weight excluding hydrogens is 232 g/mol. The average Bonchev–Trinajstić information content (AvgIpc) is 2.53. The number of aromatic nitrogens is 2. The summed E-state index contributed by atoms with van der Waals surface area (Å²) in [6.45, 7) is 7.16. The second-order valence-electron chi connectivity index (χ2n) is 5.55. The van der Waals surface area contributed by atoms with Gasteiger partial charge < -0.3 is 4.74 Å². The third-order valence-electron chi connectivity index (χ3n) is 2.80. The number of ketones is 1. The SMILES string of the molecule is Cc1nc2c(n1C(=O)OC(C)(C)C)CCCC2=O. The minimum Gasteiger partial charge on any atom is -0.443 e. The van der Waals surface area contributed by atoms with Gasteiger partial charge in [0.1, 0.15) is 17.1 Å². The van der Waals surface area contributed by atoms with E-state index in [0.29, 0.717) is 30.1 Å². The Labute approximate surface area is 106 Å². The fourth-order valence-corrected chi connectivity index (χ4v) is 2.12. The first-order valence-electron chi connectivity index (χ1n) is 6.14. The molecule has 0 saturated heterocycles. The highest BCUT2D eigenvalue weighted by Gasteiger charge is 2.29. The van der Waals surface area contributed by atoms with E-state index in [2.05, 4.69) is 4.98 Å². The van der Waals surface area contributed by atoms with Crippen LogP contribution in [0, 0.1) is 6.92 Å². The molecule has 98 valence electrons. The van der Waals surface area contributed by atoms with Gasteiger partial charge >= 0.3 is 6.09 Å². The Bertz CT molecular complexity index is 509. The van der Waals surface area contributed by atoms with E-state index in [1.54, 1.807) is 6.92 Å². The van der Waals surface area contributed by atoms with Crippen molar-refractivity contribution in [3.8, 4) is 0 Å². The van der Waals surface area contributed by atoms with E-state index < -0.39 is 11.7 Å². The Morgan fingerprint density at radius 1 is 1.33 bits per heavy atom. The van der Waals surface area contributed by atoms with Crippen LogP contribution < -0.4 is 0 Å². The van der Waals surface area contributed by atoms with Crippen LogP contribution in [0.2, 0.25) is 0 Å². The van der Waals surface area contributed by atoms with Crippen molar-refractivity contribution in [2.24, 2.45) is 0 Å². The average molecular weight is 250 g/mol. The molecule has 1 aromatic rings. The zero-order valence-electron chi connectivity index (χ0n) is 11.2. The lowest BCUT2D eigenvalue weighted by Gasteiger charge is -2.21. The minimum absolute atomic E-state index is 0.0154. The van der Waals surface area contributed by atoms with Crippen LogP contribution in [0.5, 0.6) is 0 Å². The van der Waals surface area contributed by atoms with E-state index in [1.165, 1.54) is 4.57 Å². The molecule has 5 heteroatoms. The zero-order valence-corrected chi connectivity index (χ0v) is 11.2. The lowest BCUT2D eigenvalue weighted by molar-refractivity contribution is 0.0528. The molecule has 0 saturated carbocycles. The number of Topliss-reactive ketones (excluding diaryl/α,β-unsaturated/α-hetero) is 1. The van der Waals surface area contributed by atoms with Crippen LogP contribution in [-0.2, 0) is 11.2 Å². The summed E-state index contributed by atoms with van der Waals surface area (Å²) in [5.41, 5.74) is 0.571. The summed E-state index contributed by atoms with van der Waals surface area (Å²) in [5.74, 6) is 0.533. The molecule has 5 nitrogen and oxygen atoms in total. The molecule has 1 aliphatic carbocycles. The maximum absolute atomic E-state index is 12.1. The van der Waals surface area contributed by atoms with Crippen LogP contribution in [-0.4, -0.2) is 27.0 Å². The number of hydrogen-bond acceptors (Lipinski definition) is 4. The lowest BCUT2D eigenvalue weighted by Crippen LogP contribution is -2.29. The Morgan fingerprint density at radius 2 is 2.00 bits per heavy atom. The summed E-state index contributed by atoms with van der Waals surface area (Å²) in [7, 11) is 0. The first-order valence-corrected chi connectivity index (χ1v) is 6.14. The smallest absolute Gasteiger partial charge is 0.420 e. The van der Waals surface area contributed by atoms with Gasteiger partial charge in [-0.15, -0.1) is 0 Å². The van der Waals surface area contributed by atoms with Crippen LogP contribution in [0.1, 0.15) is 55.6 Å². The Morgan fingerprint density at radius 3 is 2.61 bits per heavy atom. The topological polar surface area (TPSA) is 61.2 Å². The van der Waals surface area contributed by atoms with E-state index >= 15 is 0 Å². The zero-order chi connectivity index (χ0) is 13.5. The minimum atomic E-state index is -0.556. The van der Waals surface area contributed by atoms with Gasteiger partial charge in [0.2, 0.25) is 0 Å². The standard InChI is InChI=1S/C13H18N2O3/c1-8-14-11-9(6-5-7-10(11)16)15(8)12(17)18-13(2,3)4/h5-7H2,1-4H3. The summed E-state index contributed by atoms with van der Waals surface area (Å²) < 4.78 is 6.77. The predicted molar refractivity (Wildman–Crippen MR) is 65.9 cm³/mol. The normalized spacial score (nSPS) is 15.4. The van der Waals surface area contributed by atoms with Gasteiger partial charge in [-0.3, -0.25) is 4.79 Å². The third kappa shape index (κ3) is 2.30. The molecular formula is C13H18N2O3. The Hall–Kier alpha value is -1.65. The molecule has 0 fully saturated rings. The molecule has 0 spiro atoms. The predicted octanol–water partition coefficient (Wildman–Crippen LogP) is 2.49. The van der Waals surface area contributed by atoms with Gasteiger partial charge in [-0.25, -0.2) is 14.3 Å². The van der Waals surface area contributed by atoms with E-state index in [0.717, 1.165) is 6.42 Å². The van der Waals surface area contributed by atoms with Crippen molar-refractivity contribution < 1.29 is 14.3 Å². The first-order chi connectivity index (χ1) is 8.29. The molecule has 2 rings (SSSR count). The summed E-state index contributed by atoms with van der Waals surface area (Å²) in [6, 6.07) is 0. The number of carbonyl (C=O) groups excluding carboxylic acids is 2. The van der Waals surface area contributed by atoms with Crippen molar-refractivity contribution >= 4 is 11.9 Å². The molecule has 0 amide bonds. The van der Waals surface area contributed by atoms with Crippen molar-refractivity contribution in [1.82, 2.24) is 9.55 Å². The second-order valence-corrected chi connectivity index (χ2v) is 5.55. The van der Waals surface area contributed by atoms with Gasteiger partial charge in [-0.2, -0.15) is 0 Å². The van der Waals surface area contributed by atoms with Gasteiger partial charge in [0, 0.05) is 6.42 Å². The molecule has 0 radical (unpaired) electrons. The van der Waals surface area contributed by atoms with Crippen molar-refractivity contribution in [3.63, 3.8) is 0 Å². The highest BCUT2D eigenvalue weighted by molar-refractivity contribution is 5.97. The van der Waals surface area contributed by atoms with Crippen LogP contribution in [0.4, 0.5) is 4.79 Å². The van der Waals surface area contributed by atoms with E-state index in [-0.39, 0.29) is 5.78 Å². The van der Waals surface area contributed by atoms with E-state index in [1.807, 2.05) is 20.8 Å². The van der Waals surface area contributed by atoms with Gasteiger partial charge in [-0.05, 0) is 40.5 Å². The summed E-state index contributed by atoms with van der Waals surface area (Å²) >= 11 is 0. The summed E-state index contributed by atoms with van der Waals surface area (Å²) in [6.07, 6.45) is 1.52. The number of carbonyl (C=O) groups is 2. The number of nitrogens with zero attached hydrogens (tertiary/aromatic N) is 2. The number of aryl methyl sites for hydroxylation is 1. The van der Waals surface area contributed by atoms with Gasteiger partial charge in [-0.1, -0.05) is 0 Å². The van der Waals surface area contributed by atoms with Crippen molar-refractivity contribution in [2.45, 2.75) is 52.6 Å². The fraction of sp³-hybridized carbons (Fsp3) is 0.615. The number of ether oxygens (including phenoxy) is 1. The monoisotopic (exact) mass is 250 g/mol. The fourth-order valence-electron chi connectivity index (χ4n) is 2.12. The van der Waals surface area contributed by atoms with Crippen molar-refractivity contribution in [3.05, 3.63) is 17.2 Å². The molecule has 1 aliphatic rings. The molecule has 0 aliphatic heterocycles. The Balaban J connectivity index is 2.40. The number of imidazole rings is 1. The highest BCUT2D eigenvalue weighted by Crippen LogP contribution is 2.23. The summed E-state index contributed by atoms with van der Waals surface area (Å²) in [5, 5.41) is 0. The maximum Gasteiger partial charge on any atom is 0.420 e. The molecule has 0 unspecified atom stereocenters. The van der Waals surface area contributed by atoms with E-state index in [4.69, 9.17) is 4.74 Å². The molecule has 0 N–H and O–H groups in total. The van der Waals surface area contributed by atoms with Gasteiger partial charge in [0.25, 0.3) is 0 Å². The molecule has 0 bridgehead atoms. The first kappa shape index (κ1) is 12.8.